The topological polar surface area (TPSA) is 93.0 Å². The van der Waals surface area contributed by atoms with Crippen molar-refractivity contribution in [1.29, 1.82) is 0 Å². The number of hydrogen-bond acceptors (Lipinski definition) is 6. The summed E-state index contributed by atoms with van der Waals surface area (Å²) in [5.41, 5.74) is 13.8. The number of fused-ring (bicyclic) bond motifs is 2. The first-order valence-electron chi connectivity index (χ1n) is 11.5. The van der Waals surface area contributed by atoms with E-state index >= 15 is 0 Å². The number of aromatic nitrogens is 4. The van der Waals surface area contributed by atoms with Gasteiger partial charge in [0, 0.05) is 32.6 Å². The van der Waals surface area contributed by atoms with Gasteiger partial charge in [-0.05, 0) is 60.2 Å². The van der Waals surface area contributed by atoms with Crippen LogP contribution in [0.25, 0.3) is 11.0 Å². The SMILES string of the molecule is COCc1cc(CN)c(CN(Cc2nc3ccccc3[nH]2)C2CCCc3cccnc32)cn1. The molecule has 1 aliphatic rings. The second-order valence-electron chi connectivity index (χ2n) is 8.64. The van der Waals surface area contributed by atoms with E-state index in [1.807, 2.05) is 36.7 Å². The van der Waals surface area contributed by atoms with Crippen LogP contribution in [-0.2, 0) is 37.4 Å². The molecule has 0 bridgehead atoms. The van der Waals surface area contributed by atoms with Gasteiger partial charge in [0.2, 0.25) is 0 Å². The molecule has 4 aromatic rings. The third-order valence-electron chi connectivity index (χ3n) is 6.42. The molecule has 0 fully saturated rings. The molecule has 1 atom stereocenters. The maximum Gasteiger partial charge on any atom is 0.121 e. The third-order valence-corrected chi connectivity index (χ3v) is 6.42. The Morgan fingerprint density at radius 2 is 2.03 bits per heavy atom. The minimum atomic E-state index is 0.215. The summed E-state index contributed by atoms with van der Waals surface area (Å²) in [6.07, 6.45) is 7.15. The van der Waals surface area contributed by atoms with Gasteiger partial charge in [0.05, 0.1) is 41.6 Å². The van der Waals surface area contributed by atoms with E-state index in [2.05, 4.69) is 33.1 Å². The zero-order chi connectivity index (χ0) is 22.6. The highest BCUT2D eigenvalue weighted by Gasteiger charge is 2.28. The summed E-state index contributed by atoms with van der Waals surface area (Å²) < 4.78 is 5.26. The quantitative estimate of drug-likeness (QED) is 0.428. The normalized spacial score (nSPS) is 15.8. The predicted molar refractivity (Wildman–Crippen MR) is 128 cm³/mol. The first-order chi connectivity index (χ1) is 16.2. The van der Waals surface area contributed by atoms with Crippen LogP contribution in [0, 0.1) is 0 Å². The Hall–Kier alpha value is -3.13. The van der Waals surface area contributed by atoms with Gasteiger partial charge in [-0.25, -0.2) is 4.98 Å². The Kier molecular flexibility index (Phi) is 6.44. The largest absolute Gasteiger partial charge is 0.378 e. The van der Waals surface area contributed by atoms with Gasteiger partial charge in [-0.2, -0.15) is 0 Å². The van der Waals surface area contributed by atoms with Crippen LogP contribution in [0.3, 0.4) is 0 Å². The number of H-pyrrole nitrogens is 1. The van der Waals surface area contributed by atoms with Gasteiger partial charge in [-0.1, -0.05) is 18.2 Å². The molecule has 0 amide bonds. The number of rotatable bonds is 8. The fraction of sp³-hybridized carbons (Fsp3) is 0.346. The number of methoxy groups -OCH3 is 1. The highest BCUT2D eigenvalue weighted by molar-refractivity contribution is 5.74. The molecule has 7 heteroatoms. The van der Waals surface area contributed by atoms with Crippen molar-refractivity contribution in [2.45, 2.75) is 51.5 Å². The molecule has 7 nitrogen and oxygen atoms in total. The number of aryl methyl sites for hydroxylation is 1. The van der Waals surface area contributed by atoms with E-state index < -0.39 is 0 Å². The van der Waals surface area contributed by atoms with Crippen molar-refractivity contribution in [1.82, 2.24) is 24.8 Å². The lowest BCUT2D eigenvalue weighted by Gasteiger charge is -2.35. The average Bonchev–Trinajstić information content (AvgIpc) is 3.27. The Balaban J connectivity index is 1.50. The van der Waals surface area contributed by atoms with E-state index in [9.17, 15) is 0 Å². The zero-order valence-corrected chi connectivity index (χ0v) is 19.0. The van der Waals surface area contributed by atoms with E-state index in [4.69, 9.17) is 20.4 Å². The van der Waals surface area contributed by atoms with Crippen molar-refractivity contribution < 1.29 is 4.74 Å². The van der Waals surface area contributed by atoms with Crippen LogP contribution in [0.15, 0.2) is 54.9 Å². The summed E-state index contributed by atoms with van der Waals surface area (Å²) in [5, 5.41) is 0. The highest BCUT2D eigenvalue weighted by Crippen LogP contribution is 2.35. The lowest BCUT2D eigenvalue weighted by molar-refractivity contribution is 0.152. The van der Waals surface area contributed by atoms with Gasteiger partial charge >= 0.3 is 0 Å². The summed E-state index contributed by atoms with van der Waals surface area (Å²) in [7, 11) is 1.68. The van der Waals surface area contributed by atoms with E-state index in [-0.39, 0.29) is 6.04 Å². The van der Waals surface area contributed by atoms with Crippen molar-refractivity contribution in [3.63, 3.8) is 0 Å². The Bertz CT molecular complexity index is 1200. The number of nitrogens with zero attached hydrogens (tertiary/aromatic N) is 4. The summed E-state index contributed by atoms with van der Waals surface area (Å²) in [6.45, 7) is 2.37. The molecule has 0 radical (unpaired) electrons. The maximum absolute atomic E-state index is 6.13. The third kappa shape index (κ3) is 4.66. The van der Waals surface area contributed by atoms with Crippen LogP contribution in [0.4, 0.5) is 0 Å². The molecule has 0 aliphatic heterocycles. The molecule has 0 spiro atoms. The van der Waals surface area contributed by atoms with Crippen LogP contribution in [0.1, 0.15) is 52.8 Å². The molecule has 0 saturated carbocycles. The number of nitrogens with two attached hydrogens (primary N) is 1. The minimum absolute atomic E-state index is 0.215. The van der Waals surface area contributed by atoms with Crippen LogP contribution in [-0.4, -0.2) is 31.9 Å². The van der Waals surface area contributed by atoms with Crippen LogP contribution < -0.4 is 5.73 Å². The number of benzene rings is 1. The Morgan fingerprint density at radius 1 is 1.12 bits per heavy atom. The van der Waals surface area contributed by atoms with Gasteiger partial charge < -0.3 is 15.5 Å². The van der Waals surface area contributed by atoms with Gasteiger partial charge in [-0.15, -0.1) is 0 Å². The molecule has 170 valence electrons. The van der Waals surface area contributed by atoms with Crippen molar-refractivity contribution in [3.05, 3.63) is 88.8 Å². The number of aromatic amines is 1. The predicted octanol–water partition coefficient (Wildman–Crippen LogP) is 4.04. The van der Waals surface area contributed by atoms with Crippen LogP contribution >= 0.6 is 0 Å². The van der Waals surface area contributed by atoms with E-state index in [0.29, 0.717) is 19.7 Å². The highest BCUT2D eigenvalue weighted by atomic mass is 16.5. The second-order valence-corrected chi connectivity index (χ2v) is 8.64. The van der Waals surface area contributed by atoms with Gasteiger partial charge in [0.15, 0.2) is 0 Å². The maximum atomic E-state index is 6.13. The summed E-state index contributed by atoms with van der Waals surface area (Å²) >= 11 is 0. The number of imidazole rings is 1. The fourth-order valence-corrected chi connectivity index (χ4v) is 4.84. The summed E-state index contributed by atoms with van der Waals surface area (Å²) in [6, 6.07) is 14.7. The number of nitrogens with one attached hydrogen (secondary N) is 1. The fourth-order valence-electron chi connectivity index (χ4n) is 4.84. The van der Waals surface area contributed by atoms with Crippen LogP contribution in [0.2, 0.25) is 0 Å². The molecular weight excluding hydrogens is 412 g/mol. The van der Waals surface area contributed by atoms with Crippen molar-refractivity contribution >= 4 is 11.0 Å². The Morgan fingerprint density at radius 3 is 2.88 bits per heavy atom. The molecule has 3 aromatic heterocycles. The molecule has 1 aliphatic carbocycles. The Labute approximate surface area is 194 Å². The van der Waals surface area contributed by atoms with E-state index in [1.165, 1.54) is 11.3 Å². The van der Waals surface area contributed by atoms with Crippen molar-refractivity contribution in [2.75, 3.05) is 7.11 Å². The first kappa shape index (κ1) is 21.7. The molecule has 33 heavy (non-hydrogen) atoms. The summed E-state index contributed by atoms with van der Waals surface area (Å²) in [5.74, 6) is 0.956. The molecule has 0 saturated heterocycles. The molecule has 1 unspecified atom stereocenters. The van der Waals surface area contributed by atoms with Gasteiger partial charge in [0.1, 0.15) is 5.82 Å². The molecule has 1 aromatic carbocycles. The summed E-state index contributed by atoms with van der Waals surface area (Å²) in [4.78, 5) is 20.2. The first-order valence-corrected chi connectivity index (χ1v) is 11.5. The molecule has 3 N–H and O–H groups in total. The van der Waals surface area contributed by atoms with Crippen molar-refractivity contribution in [2.24, 2.45) is 5.73 Å². The number of hydrogen-bond donors (Lipinski definition) is 2. The second kappa shape index (κ2) is 9.79. The lowest BCUT2D eigenvalue weighted by atomic mass is 9.90. The smallest absolute Gasteiger partial charge is 0.121 e. The lowest BCUT2D eigenvalue weighted by Crippen LogP contribution is -2.32. The van der Waals surface area contributed by atoms with Gasteiger partial charge in [-0.3, -0.25) is 14.9 Å². The zero-order valence-electron chi connectivity index (χ0n) is 19.0. The molecular formula is C26H30N6O. The minimum Gasteiger partial charge on any atom is -0.378 e. The van der Waals surface area contributed by atoms with Gasteiger partial charge in [0.25, 0.3) is 0 Å². The average molecular weight is 443 g/mol. The number of pyridine rings is 2. The number of ether oxygens (including phenoxy) is 1. The molecule has 3 heterocycles. The van der Waals surface area contributed by atoms with Crippen LogP contribution in [0.5, 0.6) is 0 Å². The molecule has 5 rings (SSSR count). The van der Waals surface area contributed by atoms with E-state index in [0.717, 1.165) is 59.5 Å². The monoisotopic (exact) mass is 442 g/mol. The van der Waals surface area contributed by atoms with E-state index in [1.54, 1.807) is 7.11 Å². The standard InChI is InChI=1S/C26H30N6O/c1-33-17-21-12-19(13-27)20(14-29-21)15-32(16-25-30-22-8-2-3-9-23(22)31-25)24-10-4-6-18-7-5-11-28-26(18)24/h2-3,5,7-9,11-12,14,24H,4,6,10,13,15-17,27H2,1H3,(H,30,31). The number of para-hydroxylation sites is 2. The van der Waals surface area contributed by atoms with Crippen molar-refractivity contribution in [3.8, 4) is 0 Å².